The summed E-state index contributed by atoms with van der Waals surface area (Å²) in [6.07, 6.45) is 12.1. The van der Waals surface area contributed by atoms with Crippen molar-refractivity contribution in [3.63, 3.8) is 0 Å². The van der Waals surface area contributed by atoms with Crippen LogP contribution in [0.15, 0.2) is 36.4 Å². The molecule has 4 nitrogen and oxygen atoms in total. The van der Waals surface area contributed by atoms with Crippen LogP contribution in [-0.4, -0.2) is 24.1 Å². The molecule has 0 spiro atoms. The minimum atomic E-state index is -0.447. The van der Waals surface area contributed by atoms with E-state index in [1.54, 1.807) is 0 Å². The second-order valence-electron chi connectivity index (χ2n) is 13.1. The topological polar surface area (TPSA) is 52.6 Å². The number of aryl methyl sites for hydroxylation is 4. The number of hydrogen-bond donors (Lipinski definition) is 0. The lowest BCUT2D eigenvalue weighted by molar-refractivity contribution is -0.210. The van der Waals surface area contributed by atoms with Gasteiger partial charge in [0.1, 0.15) is 12.2 Å². The first-order valence-electron chi connectivity index (χ1n) is 14.9. The molecule has 0 N–H and O–H groups in total. The van der Waals surface area contributed by atoms with Crippen LogP contribution in [0, 0.1) is 16.7 Å². The maximum absolute atomic E-state index is 13.6. The monoisotopic (exact) mass is 514 g/mol. The van der Waals surface area contributed by atoms with Crippen molar-refractivity contribution in [1.29, 1.82) is 0 Å². The number of carbonyl (C=O) groups is 2. The van der Waals surface area contributed by atoms with Gasteiger partial charge in [0.15, 0.2) is 0 Å². The molecule has 3 fully saturated rings. The van der Waals surface area contributed by atoms with Crippen LogP contribution in [0.4, 0.5) is 0 Å². The average molecular weight is 515 g/mol. The van der Waals surface area contributed by atoms with Crippen molar-refractivity contribution in [1.82, 2.24) is 0 Å². The molecule has 0 aliphatic heterocycles. The van der Waals surface area contributed by atoms with Crippen molar-refractivity contribution in [2.45, 2.75) is 110 Å². The van der Waals surface area contributed by atoms with E-state index >= 15 is 0 Å². The third-order valence-corrected chi connectivity index (χ3v) is 10.6. The summed E-state index contributed by atoms with van der Waals surface area (Å²) < 4.78 is 12.9. The molecule has 0 amide bonds. The van der Waals surface area contributed by atoms with Crippen molar-refractivity contribution in [2.75, 3.05) is 0 Å². The summed E-state index contributed by atoms with van der Waals surface area (Å²) >= 11 is 0. The lowest BCUT2D eigenvalue weighted by atomic mass is 9.48. The maximum Gasteiger partial charge on any atom is 0.338 e. The maximum atomic E-state index is 13.6. The Morgan fingerprint density at radius 2 is 1.13 bits per heavy atom. The lowest BCUT2D eigenvalue weighted by Gasteiger charge is -2.61. The zero-order valence-corrected chi connectivity index (χ0v) is 23.3. The van der Waals surface area contributed by atoms with Crippen LogP contribution >= 0.6 is 0 Å². The SMILES string of the molecule is CC(C)C12CCC(C)(CC1)C(OC(=O)c1ccc3c(c1)CCCC3)C2OC(=O)c1ccc2c(c1)CCCC2. The molecule has 0 radical (unpaired) electrons. The van der Waals surface area contributed by atoms with Crippen LogP contribution in [0.2, 0.25) is 0 Å². The van der Waals surface area contributed by atoms with E-state index in [1.807, 2.05) is 24.3 Å². The van der Waals surface area contributed by atoms with Crippen molar-refractivity contribution in [3.8, 4) is 0 Å². The van der Waals surface area contributed by atoms with Crippen LogP contribution < -0.4 is 0 Å². The molecule has 5 aliphatic rings. The van der Waals surface area contributed by atoms with Gasteiger partial charge < -0.3 is 9.47 Å². The molecule has 38 heavy (non-hydrogen) atoms. The Morgan fingerprint density at radius 3 is 1.61 bits per heavy atom. The molecule has 5 aliphatic carbocycles. The molecule has 4 heteroatoms. The Hall–Kier alpha value is -2.62. The summed E-state index contributed by atoms with van der Waals surface area (Å²) in [7, 11) is 0. The van der Waals surface area contributed by atoms with Crippen LogP contribution in [0.3, 0.4) is 0 Å². The molecule has 0 heterocycles. The van der Waals surface area contributed by atoms with Gasteiger partial charge >= 0.3 is 11.9 Å². The molecular formula is C34H42O4. The van der Waals surface area contributed by atoms with Crippen molar-refractivity contribution in [2.24, 2.45) is 16.7 Å². The van der Waals surface area contributed by atoms with E-state index in [-0.39, 0.29) is 22.8 Å². The highest BCUT2D eigenvalue weighted by Crippen LogP contribution is 2.61. The Labute approximate surface area is 227 Å². The number of fused-ring (bicyclic) bond motifs is 5. The van der Waals surface area contributed by atoms with Crippen molar-refractivity contribution >= 4 is 11.9 Å². The standard InChI is InChI=1S/C34H42O4/c1-22(2)34-18-16-33(3,17-19-34)29(37-31(35)27-14-12-23-8-4-6-10-25(23)20-27)30(34)38-32(36)28-15-13-24-9-5-7-11-26(24)21-28/h12-15,20-22,29-30H,4-11,16-19H2,1-3H3. The van der Waals surface area contributed by atoms with E-state index in [4.69, 9.17) is 9.47 Å². The first-order chi connectivity index (χ1) is 18.3. The highest BCUT2D eigenvalue weighted by molar-refractivity contribution is 5.91. The number of ether oxygens (including phenoxy) is 2. The van der Waals surface area contributed by atoms with Gasteiger partial charge in [0.05, 0.1) is 11.1 Å². The molecule has 202 valence electrons. The van der Waals surface area contributed by atoms with Gasteiger partial charge in [-0.1, -0.05) is 32.9 Å². The first kappa shape index (κ1) is 25.6. The van der Waals surface area contributed by atoms with Gasteiger partial charge in [-0.3, -0.25) is 0 Å². The van der Waals surface area contributed by atoms with E-state index in [1.165, 1.54) is 47.9 Å². The molecule has 3 saturated carbocycles. The molecule has 7 rings (SSSR count). The lowest BCUT2D eigenvalue weighted by Crippen LogP contribution is -2.64. The third kappa shape index (κ3) is 4.38. The predicted molar refractivity (Wildman–Crippen MR) is 148 cm³/mol. The number of carbonyl (C=O) groups excluding carboxylic acids is 2. The molecule has 2 atom stereocenters. The van der Waals surface area contributed by atoms with Gasteiger partial charge in [-0.05, 0) is 129 Å². The van der Waals surface area contributed by atoms with Gasteiger partial charge in [-0.25, -0.2) is 9.59 Å². The van der Waals surface area contributed by atoms with E-state index in [0.29, 0.717) is 17.0 Å². The Morgan fingerprint density at radius 1 is 0.684 bits per heavy atom. The summed E-state index contributed by atoms with van der Waals surface area (Å²) in [6.45, 7) is 6.69. The van der Waals surface area contributed by atoms with Crippen LogP contribution in [0.25, 0.3) is 0 Å². The minimum Gasteiger partial charge on any atom is -0.454 e. The summed E-state index contributed by atoms with van der Waals surface area (Å²) in [5, 5.41) is 0. The molecule has 2 aromatic carbocycles. The molecule has 0 saturated heterocycles. The van der Waals surface area contributed by atoms with Crippen LogP contribution in [0.5, 0.6) is 0 Å². The highest BCUT2D eigenvalue weighted by Gasteiger charge is 2.63. The minimum absolute atomic E-state index is 0.178. The van der Waals surface area contributed by atoms with Crippen LogP contribution in [-0.2, 0) is 35.2 Å². The molecule has 2 bridgehead atoms. The van der Waals surface area contributed by atoms with Crippen molar-refractivity contribution in [3.05, 3.63) is 69.8 Å². The number of hydrogen-bond acceptors (Lipinski definition) is 4. The number of esters is 2. The fraction of sp³-hybridized carbons (Fsp3) is 0.588. The fourth-order valence-corrected chi connectivity index (χ4v) is 7.90. The molecule has 2 aromatic rings. The predicted octanol–water partition coefficient (Wildman–Crippen LogP) is 7.43. The Bertz CT molecular complexity index is 1230. The summed E-state index contributed by atoms with van der Waals surface area (Å²) in [6, 6.07) is 12.1. The Balaban J connectivity index is 1.29. The largest absolute Gasteiger partial charge is 0.454 e. The fourth-order valence-electron chi connectivity index (χ4n) is 7.90. The van der Waals surface area contributed by atoms with Crippen LogP contribution in [0.1, 0.15) is 115 Å². The van der Waals surface area contributed by atoms with E-state index in [2.05, 4.69) is 32.9 Å². The number of benzene rings is 2. The second-order valence-corrected chi connectivity index (χ2v) is 13.1. The van der Waals surface area contributed by atoms with Gasteiger partial charge in [0.2, 0.25) is 0 Å². The zero-order chi connectivity index (χ0) is 26.5. The van der Waals surface area contributed by atoms with Gasteiger partial charge in [0.25, 0.3) is 0 Å². The van der Waals surface area contributed by atoms with E-state index in [0.717, 1.165) is 51.4 Å². The average Bonchev–Trinajstić information content (AvgIpc) is 2.94. The van der Waals surface area contributed by atoms with Gasteiger partial charge in [0, 0.05) is 10.8 Å². The molecule has 2 unspecified atom stereocenters. The smallest absolute Gasteiger partial charge is 0.338 e. The highest BCUT2D eigenvalue weighted by atomic mass is 16.6. The van der Waals surface area contributed by atoms with Gasteiger partial charge in [-0.15, -0.1) is 0 Å². The number of rotatable bonds is 5. The van der Waals surface area contributed by atoms with Gasteiger partial charge in [-0.2, -0.15) is 0 Å². The first-order valence-corrected chi connectivity index (χ1v) is 14.9. The van der Waals surface area contributed by atoms with E-state index < -0.39 is 12.2 Å². The summed E-state index contributed by atoms with van der Waals surface area (Å²) in [4.78, 5) is 27.2. The normalized spacial score (nSPS) is 29.9. The zero-order valence-electron chi connectivity index (χ0n) is 23.3. The third-order valence-electron chi connectivity index (χ3n) is 10.6. The second kappa shape index (κ2) is 9.84. The quantitative estimate of drug-likeness (QED) is 0.389. The Kier molecular flexibility index (Phi) is 6.64. The van der Waals surface area contributed by atoms with E-state index in [9.17, 15) is 9.59 Å². The molecular weight excluding hydrogens is 472 g/mol. The summed E-state index contributed by atoms with van der Waals surface area (Å²) in [5.41, 5.74) is 6.13. The summed E-state index contributed by atoms with van der Waals surface area (Å²) in [5.74, 6) is -0.251. The molecule has 0 aromatic heterocycles. The van der Waals surface area contributed by atoms with Crippen molar-refractivity contribution < 1.29 is 19.1 Å².